The van der Waals surface area contributed by atoms with Gasteiger partial charge in [0.25, 0.3) is 5.56 Å². The number of nitrogens with one attached hydrogen (secondary N) is 1. The Morgan fingerprint density at radius 3 is 2.70 bits per heavy atom. The van der Waals surface area contributed by atoms with Crippen molar-refractivity contribution in [3.05, 3.63) is 34.7 Å². The summed E-state index contributed by atoms with van der Waals surface area (Å²) in [5.74, 6) is 0. The maximum absolute atomic E-state index is 11.6. The molecule has 3 heterocycles. The second kappa shape index (κ2) is 6.10. The van der Waals surface area contributed by atoms with E-state index in [9.17, 15) is 4.79 Å². The smallest absolute Gasteiger partial charge is 0.250 e. The molecule has 1 aromatic rings. The molecule has 0 saturated carbocycles. The predicted octanol–water partition coefficient (Wildman–Crippen LogP) is 1.45. The molecule has 0 aromatic carbocycles. The molecule has 2 bridgehead atoms. The minimum atomic E-state index is 0.0922. The van der Waals surface area contributed by atoms with E-state index < -0.39 is 0 Å². The molecule has 4 nitrogen and oxygen atoms in total. The number of nitrogens with zero attached hydrogens (tertiary/aromatic N) is 2. The number of rotatable bonds is 4. The molecule has 1 N–H and O–H groups in total. The van der Waals surface area contributed by atoms with E-state index in [0.717, 1.165) is 25.2 Å². The van der Waals surface area contributed by atoms with E-state index in [0.29, 0.717) is 6.04 Å². The summed E-state index contributed by atoms with van der Waals surface area (Å²) < 4.78 is 1.78. The molecule has 110 valence electrons. The number of piperidine rings is 2. The first-order valence-corrected chi connectivity index (χ1v) is 7.85. The Hall–Kier alpha value is -1.13. The molecule has 2 fully saturated rings. The quantitative estimate of drug-likeness (QED) is 0.904. The number of fused-ring (bicyclic) bond motifs is 2. The highest BCUT2D eigenvalue weighted by atomic mass is 16.1. The van der Waals surface area contributed by atoms with Gasteiger partial charge >= 0.3 is 0 Å². The number of hydrogen-bond donors (Lipinski definition) is 1. The largest absolute Gasteiger partial charge is 0.314 e. The Balaban J connectivity index is 1.50. The molecule has 2 saturated heterocycles. The first-order valence-electron chi connectivity index (χ1n) is 7.85. The molecule has 1 aromatic heterocycles. The predicted molar refractivity (Wildman–Crippen MR) is 80.9 cm³/mol. The first kappa shape index (κ1) is 13.8. The SMILES string of the molecule is CN1C2CCCC1CC(NCCn1ccccc1=O)C2. The molecule has 0 radical (unpaired) electrons. The fourth-order valence-corrected chi connectivity index (χ4v) is 3.82. The zero-order valence-corrected chi connectivity index (χ0v) is 12.3. The monoisotopic (exact) mass is 275 g/mol. The maximum Gasteiger partial charge on any atom is 0.250 e. The van der Waals surface area contributed by atoms with Gasteiger partial charge in [-0.1, -0.05) is 12.5 Å². The van der Waals surface area contributed by atoms with Crippen molar-refractivity contribution in [3.8, 4) is 0 Å². The van der Waals surface area contributed by atoms with Crippen molar-refractivity contribution in [1.29, 1.82) is 0 Å². The van der Waals surface area contributed by atoms with Crippen LogP contribution in [0.25, 0.3) is 0 Å². The Kier molecular flexibility index (Phi) is 4.22. The van der Waals surface area contributed by atoms with Crippen LogP contribution in [0.15, 0.2) is 29.2 Å². The van der Waals surface area contributed by atoms with Gasteiger partial charge in [0, 0.05) is 43.5 Å². The van der Waals surface area contributed by atoms with Crippen molar-refractivity contribution in [3.63, 3.8) is 0 Å². The fourth-order valence-electron chi connectivity index (χ4n) is 3.82. The van der Waals surface area contributed by atoms with Gasteiger partial charge in [-0.05, 0) is 38.8 Å². The molecule has 2 aliphatic rings. The molecule has 0 spiro atoms. The highest BCUT2D eigenvalue weighted by molar-refractivity contribution is 4.95. The van der Waals surface area contributed by atoms with E-state index in [-0.39, 0.29) is 5.56 Å². The topological polar surface area (TPSA) is 37.3 Å². The van der Waals surface area contributed by atoms with Gasteiger partial charge in [-0.3, -0.25) is 4.79 Å². The molecule has 0 amide bonds. The van der Waals surface area contributed by atoms with Crippen molar-refractivity contribution in [1.82, 2.24) is 14.8 Å². The highest BCUT2D eigenvalue weighted by Gasteiger charge is 2.35. The molecule has 20 heavy (non-hydrogen) atoms. The van der Waals surface area contributed by atoms with E-state index in [1.165, 1.54) is 32.1 Å². The lowest BCUT2D eigenvalue weighted by Gasteiger charge is -2.47. The second-order valence-electron chi connectivity index (χ2n) is 6.26. The number of hydrogen-bond acceptors (Lipinski definition) is 3. The van der Waals surface area contributed by atoms with Gasteiger partial charge in [-0.25, -0.2) is 0 Å². The minimum Gasteiger partial charge on any atom is -0.314 e. The van der Waals surface area contributed by atoms with Crippen molar-refractivity contribution in [2.24, 2.45) is 0 Å². The van der Waals surface area contributed by atoms with Crippen LogP contribution in [0.3, 0.4) is 0 Å². The first-order chi connectivity index (χ1) is 9.74. The Bertz CT molecular complexity index is 484. The molecule has 2 atom stereocenters. The van der Waals surface area contributed by atoms with Crippen LogP contribution in [-0.2, 0) is 6.54 Å². The Morgan fingerprint density at radius 1 is 1.25 bits per heavy atom. The van der Waals surface area contributed by atoms with Gasteiger partial charge in [-0.2, -0.15) is 0 Å². The summed E-state index contributed by atoms with van der Waals surface area (Å²) in [7, 11) is 2.29. The summed E-state index contributed by atoms with van der Waals surface area (Å²) in [5, 5.41) is 3.66. The fraction of sp³-hybridized carbons (Fsp3) is 0.688. The normalized spacial score (nSPS) is 30.4. The van der Waals surface area contributed by atoms with Crippen LogP contribution in [0.4, 0.5) is 0 Å². The van der Waals surface area contributed by atoms with Gasteiger partial charge < -0.3 is 14.8 Å². The van der Waals surface area contributed by atoms with E-state index >= 15 is 0 Å². The summed E-state index contributed by atoms with van der Waals surface area (Å²) >= 11 is 0. The third-order valence-electron chi connectivity index (χ3n) is 5.02. The van der Waals surface area contributed by atoms with Crippen molar-refractivity contribution < 1.29 is 0 Å². The summed E-state index contributed by atoms with van der Waals surface area (Å²) in [6.07, 6.45) is 8.49. The summed E-state index contributed by atoms with van der Waals surface area (Å²) in [5.41, 5.74) is 0.0922. The van der Waals surface area contributed by atoms with Gasteiger partial charge in [0.15, 0.2) is 0 Å². The Labute approximate surface area is 120 Å². The maximum atomic E-state index is 11.6. The third kappa shape index (κ3) is 2.96. The lowest BCUT2D eigenvalue weighted by molar-refractivity contribution is 0.0485. The van der Waals surface area contributed by atoms with Crippen molar-refractivity contribution >= 4 is 0 Å². The zero-order valence-electron chi connectivity index (χ0n) is 12.3. The third-order valence-corrected chi connectivity index (χ3v) is 5.02. The molecule has 4 heteroatoms. The van der Waals surface area contributed by atoms with Gasteiger partial charge in [-0.15, -0.1) is 0 Å². The van der Waals surface area contributed by atoms with Crippen LogP contribution in [0.1, 0.15) is 32.1 Å². The molecule has 2 unspecified atom stereocenters. The molecule has 0 aliphatic carbocycles. The molecule has 3 rings (SSSR count). The summed E-state index contributed by atoms with van der Waals surface area (Å²) in [4.78, 5) is 14.2. The summed E-state index contributed by atoms with van der Waals surface area (Å²) in [6.45, 7) is 1.65. The standard InChI is InChI=1S/C16H25N3O/c1-18-14-5-4-6-15(18)12-13(11-14)17-8-10-19-9-3-2-7-16(19)20/h2-3,7,9,13-15,17H,4-6,8,10-12H2,1H3. The van der Waals surface area contributed by atoms with Gasteiger partial charge in [0.2, 0.25) is 0 Å². The summed E-state index contributed by atoms with van der Waals surface area (Å²) in [6, 6.07) is 7.49. The van der Waals surface area contributed by atoms with Crippen LogP contribution in [0, 0.1) is 0 Å². The molecular weight excluding hydrogens is 250 g/mol. The van der Waals surface area contributed by atoms with E-state index in [1.807, 2.05) is 12.3 Å². The zero-order chi connectivity index (χ0) is 13.9. The van der Waals surface area contributed by atoms with Crippen LogP contribution >= 0.6 is 0 Å². The van der Waals surface area contributed by atoms with E-state index in [4.69, 9.17) is 0 Å². The average molecular weight is 275 g/mol. The van der Waals surface area contributed by atoms with Gasteiger partial charge in [0.05, 0.1) is 0 Å². The van der Waals surface area contributed by atoms with Crippen LogP contribution in [0.2, 0.25) is 0 Å². The van der Waals surface area contributed by atoms with Crippen molar-refractivity contribution in [2.75, 3.05) is 13.6 Å². The van der Waals surface area contributed by atoms with Crippen LogP contribution < -0.4 is 10.9 Å². The average Bonchev–Trinajstić information content (AvgIpc) is 2.42. The highest BCUT2D eigenvalue weighted by Crippen LogP contribution is 2.32. The lowest BCUT2D eigenvalue weighted by Crippen LogP contribution is -2.54. The minimum absolute atomic E-state index is 0.0922. The van der Waals surface area contributed by atoms with Crippen LogP contribution in [0.5, 0.6) is 0 Å². The van der Waals surface area contributed by atoms with E-state index in [1.54, 1.807) is 16.7 Å². The molecular formula is C16H25N3O. The van der Waals surface area contributed by atoms with E-state index in [2.05, 4.69) is 17.3 Å². The number of pyridine rings is 1. The Morgan fingerprint density at radius 2 is 2.00 bits per heavy atom. The number of aromatic nitrogens is 1. The lowest BCUT2D eigenvalue weighted by atomic mass is 9.82. The van der Waals surface area contributed by atoms with Gasteiger partial charge in [0.1, 0.15) is 0 Å². The van der Waals surface area contributed by atoms with Crippen molar-refractivity contribution in [2.45, 2.75) is 56.8 Å². The van der Waals surface area contributed by atoms with Crippen LogP contribution in [-0.4, -0.2) is 41.2 Å². The second-order valence-corrected chi connectivity index (χ2v) is 6.26. The molecule has 2 aliphatic heterocycles.